The number of halogens is 4. The summed E-state index contributed by atoms with van der Waals surface area (Å²) in [4.78, 5) is 10.8. The molecule has 88 valence electrons. The van der Waals surface area contributed by atoms with E-state index in [1.54, 1.807) is 0 Å². The third-order valence-corrected chi connectivity index (χ3v) is 2.35. The van der Waals surface area contributed by atoms with E-state index in [1.165, 1.54) is 6.92 Å². The zero-order chi connectivity index (χ0) is 12.5. The Morgan fingerprint density at radius 3 is 2.44 bits per heavy atom. The Bertz CT molecular complexity index is 413. The van der Waals surface area contributed by atoms with Gasteiger partial charge in [0.2, 0.25) is 0 Å². The molecule has 1 aromatic carbocycles. The summed E-state index contributed by atoms with van der Waals surface area (Å²) >= 11 is 2.92. The van der Waals surface area contributed by atoms with E-state index in [-0.39, 0.29) is 0 Å². The van der Waals surface area contributed by atoms with Gasteiger partial charge in [0.1, 0.15) is 5.75 Å². The summed E-state index contributed by atoms with van der Waals surface area (Å²) in [6.45, 7) is 1.44. The van der Waals surface area contributed by atoms with Crippen molar-refractivity contribution in [2.45, 2.75) is 17.9 Å². The molecule has 1 unspecified atom stereocenters. The lowest BCUT2D eigenvalue weighted by Crippen LogP contribution is -2.17. The molecule has 1 aromatic rings. The molecule has 2 nitrogen and oxygen atoms in total. The maximum atomic E-state index is 12.6. The predicted octanol–water partition coefficient (Wildman–Crippen LogP) is 3.38. The van der Waals surface area contributed by atoms with Crippen molar-refractivity contribution in [3.8, 4) is 5.75 Å². The third-order valence-electron chi connectivity index (χ3n) is 1.94. The molecule has 0 aliphatic carbocycles. The number of Topliss-reactive ketones (excluding diaryl/α,β-unsaturated/α-hetero) is 1. The third kappa shape index (κ3) is 2.75. The Labute approximate surface area is 98.2 Å². The average molecular weight is 297 g/mol. The SMILES string of the molecule is CC(Br)C(=O)c1ccc(O)cc1C(F)(F)F. The zero-order valence-corrected chi connectivity index (χ0v) is 9.76. The highest BCUT2D eigenvalue weighted by atomic mass is 79.9. The quantitative estimate of drug-likeness (QED) is 0.671. The molecule has 0 radical (unpaired) electrons. The van der Waals surface area contributed by atoms with Crippen LogP contribution in [0.25, 0.3) is 0 Å². The van der Waals surface area contributed by atoms with E-state index in [1.807, 2.05) is 0 Å². The van der Waals surface area contributed by atoms with Gasteiger partial charge >= 0.3 is 6.18 Å². The van der Waals surface area contributed by atoms with Crippen LogP contribution in [0.3, 0.4) is 0 Å². The molecule has 0 saturated heterocycles. The van der Waals surface area contributed by atoms with Crippen LogP contribution in [-0.4, -0.2) is 15.7 Å². The lowest BCUT2D eigenvalue weighted by molar-refractivity contribution is -0.138. The van der Waals surface area contributed by atoms with Gasteiger partial charge in [0, 0.05) is 5.56 Å². The van der Waals surface area contributed by atoms with Crippen molar-refractivity contribution in [1.29, 1.82) is 0 Å². The molecule has 0 heterocycles. The first-order valence-corrected chi connectivity index (χ1v) is 5.23. The highest BCUT2D eigenvalue weighted by Gasteiger charge is 2.36. The summed E-state index contributed by atoms with van der Waals surface area (Å²) in [6, 6.07) is 2.57. The Balaban J connectivity index is 3.34. The van der Waals surface area contributed by atoms with E-state index in [0.717, 1.165) is 12.1 Å². The van der Waals surface area contributed by atoms with Crippen LogP contribution in [0.1, 0.15) is 22.8 Å². The fraction of sp³-hybridized carbons (Fsp3) is 0.300. The minimum atomic E-state index is -4.66. The number of hydrogen-bond acceptors (Lipinski definition) is 2. The van der Waals surface area contributed by atoms with Crippen LogP contribution in [0.5, 0.6) is 5.75 Å². The molecule has 0 aliphatic heterocycles. The molecule has 0 bridgehead atoms. The van der Waals surface area contributed by atoms with Gasteiger partial charge in [0.05, 0.1) is 10.4 Å². The zero-order valence-electron chi connectivity index (χ0n) is 8.18. The van der Waals surface area contributed by atoms with Gasteiger partial charge in [-0.05, 0) is 25.1 Å². The van der Waals surface area contributed by atoms with Crippen molar-refractivity contribution >= 4 is 21.7 Å². The number of carbonyl (C=O) groups excluding carboxylic acids is 1. The number of rotatable bonds is 2. The summed E-state index contributed by atoms with van der Waals surface area (Å²) in [7, 11) is 0. The summed E-state index contributed by atoms with van der Waals surface area (Å²) in [5, 5.41) is 9.00. The molecular formula is C10H8BrF3O2. The maximum absolute atomic E-state index is 12.6. The minimum Gasteiger partial charge on any atom is -0.508 e. The van der Waals surface area contributed by atoms with Crippen molar-refractivity contribution in [2.24, 2.45) is 0 Å². The van der Waals surface area contributed by atoms with Crippen LogP contribution in [0.2, 0.25) is 0 Å². The van der Waals surface area contributed by atoms with Crippen LogP contribution in [0.4, 0.5) is 13.2 Å². The average Bonchev–Trinajstić information content (AvgIpc) is 2.15. The number of alkyl halides is 4. The van der Waals surface area contributed by atoms with Gasteiger partial charge in [-0.1, -0.05) is 15.9 Å². The summed E-state index contributed by atoms with van der Waals surface area (Å²) in [5.41, 5.74) is -1.57. The molecule has 0 fully saturated rings. The van der Waals surface area contributed by atoms with E-state index in [9.17, 15) is 18.0 Å². The first-order valence-electron chi connectivity index (χ1n) is 4.32. The first-order chi connectivity index (χ1) is 7.23. The molecule has 16 heavy (non-hydrogen) atoms. The van der Waals surface area contributed by atoms with Gasteiger partial charge < -0.3 is 5.11 Å². The highest BCUT2D eigenvalue weighted by Crippen LogP contribution is 2.35. The first kappa shape index (κ1) is 13.0. The second kappa shape index (κ2) is 4.45. The van der Waals surface area contributed by atoms with Crippen LogP contribution in [0.15, 0.2) is 18.2 Å². The Morgan fingerprint density at radius 1 is 1.44 bits per heavy atom. The Hall–Kier alpha value is -1.04. The number of carbonyl (C=O) groups is 1. The van der Waals surface area contributed by atoms with Crippen LogP contribution < -0.4 is 0 Å². The van der Waals surface area contributed by atoms with Gasteiger partial charge in [0.15, 0.2) is 5.78 Å². The molecule has 0 aliphatic rings. The van der Waals surface area contributed by atoms with Crippen molar-refractivity contribution < 1.29 is 23.1 Å². The maximum Gasteiger partial charge on any atom is 0.417 e. The number of benzene rings is 1. The van der Waals surface area contributed by atoms with Crippen LogP contribution in [0, 0.1) is 0 Å². The summed E-state index contributed by atoms with van der Waals surface area (Å²) in [6.07, 6.45) is -4.66. The van der Waals surface area contributed by atoms with Gasteiger partial charge in [-0.3, -0.25) is 4.79 Å². The van der Waals surface area contributed by atoms with E-state index in [4.69, 9.17) is 5.11 Å². The van der Waals surface area contributed by atoms with Gasteiger partial charge in [0.25, 0.3) is 0 Å². The molecule has 6 heteroatoms. The molecule has 0 aromatic heterocycles. The Morgan fingerprint density at radius 2 is 2.00 bits per heavy atom. The standard InChI is InChI=1S/C10H8BrF3O2/c1-5(11)9(16)7-3-2-6(15)4-8(7)10(12,13)14/h2-5,15H,1H3. The molecular weight excluding hydrogens is 289 g/mol. The van der Waals surface area contributed by atoms with E-state index >= 15 is 0 Å². The van der Waals surface area contributed by atoms with E-state index in [2.05, 4.69) is 15.9 Å². The summed E-state index contributed by atoms with van der Waals surface area (Å²) in [5.74, 6) is -1.20. The second-order valence-electron chi connectivity index (χ2n) is 3.21. The van der Waals surface area contributed by atoms with Gasteiger partial charge in [-0.15, -0.1) is 0 Å². The van der Waals surface area contributed by atoms with E-state index in [0.29, 0.717) is 6.07 Å². The topological polar surface area (TPSA) is 37.3 Å². The van der Waals surface area contributed by atoms with Gasteiger partial charge in [-0.2, -0.15) is 13.2 Å². The molecule has 0 saturated carbocycles. The monoisotopic (exact) mass is 296 g/mol. The largest absolute Gasteiger partial charge is 0.508 e. The smallest absolute Gasteiger partial charge is 0.417 e. The van der Waals surface area contributed by atoms with Crippen LogP contribution in [-0.2, 0) is 6.18 Å². The van der Waals surface area contributed by atoms with E-state index < -0.39 is 33.7 Å². The van der Waals surface area contributed by atoms with Crippen molar-refractivity contribution in [2.75, 3.05) is 0 Å². The fourth-order valence-corrected chi connectivity index (χ4v) is 1.44. The molecule has 1 rings (SSSR count). The van der Waals surface area contributed by atoms with Crippen LogP contribution >= 0.6 is 15.9 Å². The lowest BCUT2D eigenvalue weighted by Gasteiger charge is -2.13. The molecule has 0 spiro atoms. The van der Waals surface area contributed by atoms with Crippen molar-refractivity contribution in [1.82, 2.24) is 0 Å². The van der Waals surface area contributed by atoms with Gasteiger partial charge in [-0.25, -0.2) is 0 Å². The fourth-order valence-electron chi connectivity index (χ4n) is 1.20. The number of aromatic hydroxyl groups is 1. The number of ketones is 1. The second-order valence-corrected chi connectivity index (χ2v) is 4.58. The molecule has 1 atom stereocenters. The number of phenolic OH excluding ortho intramolecular Hbond substituents is 1. The number of hydrogen-bond donors (Lipinski definition) is 1. The highest BCUT2D eigenvalue weighted by molar-refractivity contribution is 9.10. The Kier molecular flexibility index (Phi) is 3.62. The minimum absolute atomic E-state index is 0.449. The molecule has 0 amide bonds. The van der Waals surface area contributed by atoms with Crippen molar-refractivity contribution in [3.05, 3.63) is 29.3 Å². The normalized spacial score (nSPS) is 13.6. The number of phenols is 1. The lowest BCUT2D eigenvalue weighted by atomic mass is 10.0. The molecule has 1 N–H and O–H groups in total. The summed E-state index contributed by atoms with van der Waals surface area (Å²) < 4.78 is 37.7. The predicted molar refractivity (Wildman–Crippen MR) is 55.8 cm³/mol. The van der Waals surface area contributed by atoms with Crippen molar-refractivity contribution in [3.63, 3.8) is 0 Å².